The number of anilines is 1. The highest BCUT2D eigenvalue weighted by molar-refractivity contribution is 6.03. The number of nitrogens with one attached hydrogen (secondary N) is 1. The normalized spacial score (nSPS) is 16.6. The van der Waals surface area contributed by atoms with Crippen LogP contribution in [0.2, 0.25) is 0 Å². The van der Waals surface area contributed by atoms with Crippen molar-refractivity contribution in [2.45, 2.75) is 31.9 Å². The van der Waals surface area contributed by atoms with E-state index in [0.29, 0.717) is 23.6 Å². The third-order valence-corrected chi connectivity index (χ3v) is 5.03. The minimum Gasteiger partial charge on any atom is -0.497 e. The van der Waals surface area contributed by atoms with Gasteiger partial charge in [-0.3, -0.25) is 14.2 Å². The molecule has 8 heteroatoms. The Morgan fingerprint density at radius 1 is 1.34 bits per heavy atom. The fourth-order valence-electron chi connectivity index (χ4n) is 3.49. The molecular formula is C21H25N5O3. The summed E-state index contributed by atoms with van der Waals surface area (Å²) in [5.74, 6) is 0.510. The highest BCUT2D eigenvalue weighted by Crippen LogP contribution is 2.24. The fourth-order valence-corrected chi connectivity index (χ4v) is 3.49. The third-order valence-electron chi connectivity index (χ3n) is 5.03. The third kappa shape index (κ3) is 4.48. The van der Waals surface area contributed by atoms with Crippen molar-refractivity contribution in [3.63, 3.8) is 0 Å². The SMILES string of the molecule is COc1cccc(-c2cc(C(=O)Nc3cnn(C[C@H]4CCCCO4)c3)n(C)n2)c1. The molecule has 8 nitrogen and oxygen atoms in total. The Balaban J connectivity index is 1.44. The zero-order chi connectivity index (χ0) is 20.2. The summed E-state index contributed by atoms with van der Waals surface area (Å²) in [5, 5.41) is 11.7. The van der Waals surface area contributed by atoms with E-state index >= 15 is 0 Å². The van der Waals surface area contributed by atoms with Gasteiger partial charge in [-0.05, 0) is 37.5 Å². The van der Waals surface area contributed by atoms with E-state index in [2.05, 4.69) is 15.5 Å². The van der Waals surface area contributed by atoms with Gasteiger partial charge in [-0.2, -0.15) is 10.2 Å². The second-order valence-corrected chi connectivity index (χ2v) is 7.16. The maximum atomic E-state index is 12.7. The van der Waals surface area contributed by atoms with Gasteiger partial charge in [0.2, 0.25) is 0 Å². The molecule has 2 aromatic heterocycles. The molecule has 3 heterocycles. The molecule has 1 N–H and O–H groups in total. The monoisotopic (exact) mass is 395 g/mol. The number of rotatable bonds is 6. The number of ether oxygens (including phenoxy) is 2. The number of carbonyl (C=O) groups is 1. The lowest BCUT2D eigenvalue weighted by Crippen LogP contribution is -2.24. The van der Waals surface area contributed by atoms with Crippen LogP contribution < -0.4 is 10.1 Å². The molecule has 1 fully saturated rings. The Kier molecular flexibility index (Phi) is 5.62. The first-order chi connectivity index (χ1) is 14.1. The van der Waals surface area contributed by atoms with Crippen LogP contribution in [0.4, 0.5) is 5.69 Å². The average molecular weight is 395 g/mol. The number of hydrogen-bond donors (Lipinski definition) is 1. The molecule has 1 aliphatic rings. The number of methoxy groups -OCH3 is 1. The molecule has 1 aliphatic heterocycles. The van der Waals surface area contributed by atoms with Crippen molar-refractivity contribution >= 4 is 11.6 Å². The van der Waals surface area contributed by atoms with Gasteiger partial charge in [-0.25, -0.2) is 0 Å². The Labute approximate surface area is 169 Å². The minimum atomic E-state index is -0.234. The van der Waals surface area contributed by atoms with E-state index in [9.17, 15) is 4.79 Å². The largest absolute Gasteiger partial charge is 0.497 e. The van der Waals surface area contributed by atoms with Gasteiger partial charge < -0.3 is 14.8 Å². The van der Waals surface area contributed by atoms with Crippen LogP contribution in [-0.2, 0) is 18.3 Å². The van der Waals surface area contributed by atoms with Crippen LogP contribution in [0.3, 0.4) is 0 Å². The molecule has 1 aromatic carbocycles. The highest BCUT2D eigenvalue weighted by Gasteiger charge is 2.17. The van der Waals surface area contributed by atoms with Gasteiger partial charge in [0.15, 0.2) is 0 Å². The van der Waals surface area contributed by atoms with Crippen molar-refractivity contribution < 1.29 is 14.3 Å². The molecule has 1 amide bonds. The Morgan fingerprint density at radius 2 is 2.24 bits per heavy atom. The quantitative estimate of drug-likeness (QED) is 0.693. The summed E-state index contributed by atoms with van der Waals surface area (Å²) in [6.45, 7) is 1.51. The van der Waals surface area contributed by atoms with Crippen LogP contribution in [0.1, 0.15) is 29.8 Å². The molecule has 0 radical (unpaired) electrons. The van der Waals surface area contributed by atoms with Crippen LogP contribution in [0.25, 0.3) is 11.3 Å². The molecule has 0 spiro atoms. The van der Waals surface area contributed by atoms with Crippen LogP contribution in [0.5, 0.6) is 5.75 Å². The van der Waals surface area contributed by atoms with Crippen molar-refractivity contribution in [3.05, 3.63) is 48.4 Å². The first kappa shape index (κ1) is 19.2. The number of amides is 1. The van der Waals surface area contributed by atoms with Gasteiger partial charge in [-0.1, -0.05) is 12.1 Å². The molecule has 0 unspecified atom stereocenters. The van der Waals surface area contributed by atoms with E-state index in [1.54, 1.807) is 31.1 Å². The number of aromatic nitrogens is 4. The molecule has 29 heavy (non-hydrogen) atoms. The topological polar surface area (TPSA) is 83.2 Å². The van der Waals surface area contributed by atoms with E-state index in [-0.39, 0.29) is 12.0 Å². The molecule has 0 aliphatic carbocycles. The van der Waals surface area contributed by atoms with E-state index in [1.807, 2.05) is 35.1 Å². The molecule has 152 valence electrons. The predicted octanol–water partition coefficient (Wildman–Crippen LogP) is 3.11. The zero-order valence-electron chi connectivity index (χ0n) is 16.7. The van der Waals surface area contributed by atoms with Gasteiger partial charge in [0.05, 0.1) is 37.3 Å². The molecule has 1 atom stereocenters. The molecule has 1 saturated heterocycles. The van der Waals surface area contributed by atoms with Gasteiger partial charge in [0, 0.05) is 25.4 Å². The van der Waals surface area contributed by atoms with E-state index in [4.69, 9.17) is 9.47 Å². The maximum absolute atomic E-state index is 12.7. The number of nitrogens with zero attached hydrogens (tertiary/aromatic N) is 4. The van der Waals surface area contributed by atoms with Crippen LogP contribution in [0.15, 0.2) is 42.7 Å². The van der Waals surface area contributed by atoms with Crippen LogP contribution in [-0.4, -0.2) is 45.3 Å². The van der Waals surface area contributed by atoms with Crippen LogP contribution in [0, 0.1) is 0 Å². The second-order valence-electron chi connectivity index (χ2n) is 7.16. The van der Waals surface area contributed by atoms with Crippen molar-refractivity contribution in [2.75, 3.05) is 19.0 Å². The number of aryl methyl sites for hydroxylation is 1. The second kappa shape index (κ2) is 8.48. The first-order valence-corrected chi connectivity index (χ1v) is 9.76. The van der Waals surface area contributed by atoms with Gasteiger partial charge >= 0.3 is 0 Å². The van der Waals surface area contributed by atoms with Crippen molar-refractivity contribution in [2.24, 2.45) is 7.05 Å². The van der Waals surface area contributed by atoms with Gasteiger partial charge in [0.1, 0.15) is 11.4 Å². The maximum Gasteiger partial charge on any atom is 0.274 e. The van der Waals surface area contributed by atoms with E-state index in [1.165, 1.54) is 6.42 Å². The minimum absolute atomic E-state index is 0.190. The molecule has 0 bridgehead atoms. The standard InChI is InChI=1S/C21H25N5O3/c1-25-20(11-19(24-25)15-6-5-8-17(10-15)28-2)21(27)23-16-12-22-26(13-16)14-18-7-3-4-9-29-18/h5-6,8,10-13,18H,3-4,7,9,14H2,1-2H3,(H,23,27)/t18-/m1/s1. The Bertz CT molecular complexity index is 988. The Morgan fingerprint density at radius 3 is 3.03 bits per heavy atom. The smallest absolute Gasteiger partial charge is 0.274 e. The average Bonchev–Trinajstić information content (AvgIpc) is 3.35. The van der Waals surface area contributed by atoms with Gasteiger partial charge in [-0.15, -0.1) is 0 Å². The summed E-state index contributed by atoms with van der Waals surface area (Å²) < 4.78 is 14.4. The summed E-state index contributed by atoms with van der Waals surface area (Å²) in [6, 6.07) is 9.36. The number of carbonyl (C=O) groups excluding carboxylic acids is 1. The Hall–Kier alpha value is -3.13. The molecule has 4 rings (SSSR count). The van der Waals surface area contributed by atoms with Crippen molar-refractivity contribution in [1.29, 1.82) is 0 Å². The van der Waals surface area contributed by atoms with Crippen molar-refractivity contribution in [1.82, 2.24) is 19.6 Å². The summed E-state index contributed by atoms with van der Waals surface area (Å²) in [6.07, 6.45) is 7.03. The molecule has 3 aromatic rings. The number of benzene rings is 1. The lowest BCUT2D eigenvalue weighted by atomic mass is 10.1. The lowest BCUT2D eigenvalue weighted by Gasteiger charge is -2.22. The summed E-state index contributed by atoms with van der Waals surface area (Å²) in [7, 11) is 3.37. The summed E-state index contributed by atoms with van der Waals surface area (Å²) >= 11 is 0. The number of hydrogen-bond acceptors (Lipinski definition) is 5. The lowest BCUT2D eigenvalue weighted by molar-refractivity contribution is 0.00400. The van der Waals surface area contributed by atoms with E-state index in [0.717, 1.165) is 30.8 Å². The summed E-state index contributed by atoms with van der Waals surface area (Å²) in [5.41, 5.74) is 2.71. The summed E-state index contributed by atoms with van der Waals surface area (Å²) in [4.78, 5) is 12.7. The molecular weight excluding hydrogens is 370 g/mol. The van der Waals surface area contributed by atoms with Gasteiger partial charge in [0.25, 0.3) is 5.91 Å². The van der Waals surface area contributed by atoms with Crippen LogP contribution >= 0.6 is 0 Å². The zero-order valence-corrected chi connectivity index (χ0v) is 16.7. The molecule has 0 saturated carbocycles. The van der Waals surface area contributed by atoms with E-state index < -0.39 is 0 Å². The van der Waals surface area contributed by atoms with Crippen molar-refractivity contribution in [3.8, 4) is 17.0 Å². The predicted molar refractivity (Wildman–Crippen MR) is 109 cm³/mol. The first-order valence-electron chi connectivity index (χ1n) is 9.76. The highest BCUT2D eigenvalue weighted by atomic mass is 16.5. The fraction of sp³-hybridized carbons (Fsp3) is 0.381.